The van der Waals surface area contributed by atoms with Gasteiger partial charge in [-0.05, 0) is 0 Å². The van der Waals surface area contributed by atoms with Gasteiger partial charge in [0.05, 0.1) is 6.20 Å². The van der Waals surface area contributed by atoms with Crippen LogP contribution >= 0.6 is 11.3 Å². The first-order chi connectivity index (χ1) is 8.46. The maximum atomic E-state index is 12.1. The number of carbonyl (C=O) groups is 1. The Morgan fingerprint density at radius 3 is 2.78 bits per heavy atom. The Kier molecular flexibility index (Phi) is 3.98. The highest BCUT2D eigenvalue weighted by Crippen LogP contribution is 2.17. The van der Waals surface area contributed by atoms with Crippen LogP contribution in [0.5, 0.6) is 0 Å². The number of nitrogens with one attached hydrogen (secondary N) is 1. The van der Waals surface area contributed by atoms with Crippen LogP contribution in [0.15, 0.2) is 6.20 Å². The molecule has 1 aromatic rings. The van der Waals surface area contributed by atoms with E-state index in [0.29, 0.717) is 23.0 Å². The van der Waals surface area contributed by atoms with E-state index in [4.69, 9.17) is 0 Å². The number of hydrogen-bond donors (Lipinski definition) is 1. The van der Waals surface area contributed by atoms with E-state index in [0.717, 1.165) is 30.7 Å². The number of sulfone groups is 1. The standard InChI is InChI=1S/C10H15N3O3S2/c1-18(15,16)7-9-12-6-8(17-9)10(14)13-4-2-11-3-5-13/h6,11H,2-5,7H2,1H3. The van der Waals surface area contributed by atoms with E-state index >= 15 is 0 Å². The highest BCUT2D eigenvalue weighted by Gasteiger charge is 2.20. The van der Waals surface area contributed by atoms with Crippen LogP contribution in [0, 0.1) is 0 Å². The maximum absolute atomic E-state index is 12.1. The van der Waals surface area contributed by atoms with E-state index in [1.807, 2.05) is 0 Å². The molecule has 2 heterocycles. The van der Waals surface area contributed by atoms with Crippen molar-refractivity contribution in [1.29, 1.82) is 0 Å². The van der Waals surface area contributed by atoms with Crippen LogP contribution in [0.2, 0.25) is 0 Å². The van der Waals surface area contributed by atoms with Crippen molar-refractivity contribution in [2.75, 3.05) is 32.4 Å². The van der Waals surface area contributed by atoms with Gasteiger partial charge in [0.2, 0.25) is 0 Å². The number of carbonyl (C=O) groups excluding carboxylic acids is 1. The summed E-state index contributed by atoms with van der Waals surface area (Å²) in [6.07, 6.45) is 2.63. The molecule has 18 heavy (non-hydrogen) atoms. The Morgan fingerprint density at radius 2 is 2.17 bits per heavy atom. The molecule has 100 valence electrons. The fraction of sp³-hybridized carbons (Fsp3) is 0.600. The Labute approximate surface area is 110 Å². The molecule has 0 spiro atoms. The predicted molar refractivity (Wildman–Crippen MR) is 69.4 cm³/mol. The summed E-state index contributed by atoms with van der Waals surface area (Å²) in [5.74, 6) is -0.166. The third-order valence-electron chi connectivity index (χ3n) is 2.55. The van der Waals surface area contributed by atoms with E-state index in [1.54, 1.807) is 4.90 Å². The van der Waals surface area contributed by atoms with Gasteiger partial charge in [-0.2, -0.15) is 0 Å². The number of rotatable bonds is 3. The van der Waals surface area contributed by atoms with E-state index in [1.165, 1.54) is 6.20 Å². The van der Waals surface area contributed by atoms with Crippen molar-refractivity contribution in [2.45, 2.75) is 5.75 Å². The molecular weight excluding hydrogens is 274 g/mol. The Hall–Kier alpha value is -0.990. The quantitative estimate of drug-likeness (QED) is 0.829. The smallest absolute Gasteiger partial charge is 0.265 e. The monoisotopic (exact) mass is 289 g/mol. The van der Waals surface area contributed by atoms with Crippen LogP contribution in [-0.2, 0) is 15.6 Å². The largest absolute Gasteiger partial charge is 0.335 e. The van der Waals surface area contributed by atoms with E-state index in [2.05, 4.69) is 10.3 Å². The Morgan fingerprint density at radius 1 is 1.50 bits per heavy atom. The van der Waals surface area contributed by atoms with Crippen LogP contribution < -0.4 is 5.32 Å². The molecule has 0 aromatic carbocycles. The minimum atomic E-state index is -3.10. The minimum Gasteiger partial charge on any atom is -0.335 e. The van der Waals surface area contributed by atoms with Gasteiger partial charge in [0.15, 0.2) is 9.84 Å². The molecule has 1 aliphatic heterocycles. The molecule has 1 N–H and O–H groups in total. The number of piperazine rings is 1. The molecule has 0 saturated carbocycles. The Balaban J connectivity index is 2.07. The lowest BCUT2D eigenvalue weighted by Crippen LogP contribution is -2.46. The van der Waals surface area contributed by atoms with Crippen molar-refractivity contribution < 1.29 is 13.2 Å². The molecule has 1 aliphatic rings. The zero-order valence-electron chi connectivity index (χ0n) is 10.0. The summed E-state index contributed by atoms with van der Waals surface area (Å²) in [6.45, 7) is 2.94. The molecule has 1 aromatic heterocycles. The van der Waals surface area contributed by atoms with Crippen LogP contribution in [-0.4, -0.2) is 56.6 Å². The fourth-order valence-electron chi connectivity index (χ4n) is 1.72. The molecule has 2 rings (SSSR count). The van der Waals surface area contributed by atoms with Crippen molar-refractivity contribution in [2.24, 2.45) is 0 Å². The first kappa shape index (κ1) is 13.4. The summed E-state index contributed by atoms with van der Waals surface area (Å²) in [6, 6.07) is 0. The fourth-order valence-corrected chi connectivity index (χ4v) is 3.81. The van der Waals surface area contributed by atoms with Gasteiger partial charge >= 0.3 is 0 Å². The first-order valence-corrected chi connectivity index (χ1v) is 8.46. The van der Waals surface area contributed by atoms with Crippen molar-refractivity contribution in [3.05, 3.63) is 16.1 Å². The van der Waals surface area contributed by atoms with Crippen molar-refractivity contribution >= 4 is 27.1 Å². The second-order valence-corrected chi connectivity index (χ2v) is 7.49. The van der Waals surface area contributed by atoms with Gasteiger partial charge in [0.1, 0.15) is 15.6 Å². The highest BCUT2D eigenvalue weighted by atomic mass is 32.2. The van der Waals surface area contributed by atoms with E-state index in [-0.39, 0.29) is 11.7 Å². The molecule has 0 atom stereocenters. The number of hydrogen-bond acceptors (Lipinski definition) is 6. The lowest BCUT2D eigenvalue weighted by molar-refractivity contribution is 0.0740. The van der Waals surface area contributed by atoms with Gasteiger partial charge in [0.25, 0.3) is 5.91 Å². The molecule has 0 aliphatic carbocycles. The van der Waals surface area contributed by atoms with Gasteiger partial charge in [-0.1, -0.05) is 0 Å². The van der Waals surface area contributed by atoms with Crippen LogP contribution in [0.25, 0.3) is 0 Å². The third-order valence-corrected chi connectivity index (χ3v) is 4.52. The predicted octanol–water partition coefficient (Wildman–Crippen LogP) is -0.267. The summed E-state index contributed by atoms with van der Waals surface area (Å²) in [5.41, 5.74) is 0. The highest BCUT2D eigenvalue weighted by molar-refractivity contribution is 7.90. The third kappa shape index (κ3) is 3.50. The Bertz CT molecular complexity index is 532. The lowest BCUT2D eigenvalue weighted by atomic mass is 10.3. The SMILES string of the molecule is CS(=O)(=O)Cc1ncc(C(=O)N2CCNCC2)s1. The average Bonchev–Trinajstić information content (AvgIpc) is 2.75. The normalized spacial score (nSPS) is 16.8. The molecule has 1 amide bonds. The number of thiazole rings is 1. The molecule has 1 fully saturated rings. The van der Waals surface area contributed by atoms with Gasteiger partial charge in [-0.25, -0.2) is 13.4 Å². The molecule has 8 heteroatoms. The molecule has 6 nitrogen and oxygen atoms in total. The average molecular weight is 289 g/mol. The summed E-state index contributed by atoms with van der Waals surface area (Å²) in [4.78, 5) is 18.4. The van der Waals surface area contributed by atoms with Crippen LogP contribution in [0.3, 0.4) is 0 Å². The second-order valence-electron chi connectivity index (χ2n) is 4.23. The number of nitrogens with zero attached hydrogens (tertiary/aromatic N) is 2. The summed E-state index contributed by atoms with van der Waals surface area (Å²) in [7, 11) is -3.10. The zero-order valence-corrected chi connectivity index (χ0v) is 11.7. The van der Waals surface area contributed by atoms with Gasteiger partial charge in [-0.15, -0.1) is 11.3 Å². The summed E-state index contributed by atoms with van der Waals surface area (Å²) < 4.78 is 22.3. The topological polar surface area (TPSA) is 79.4 Å². The van der Waals surface area contributed by atoms with Crippen LogP contribution in [0.1, 0.15) is 14.7 Å². The lowest BCUT2D eigenvalue weighted by Gasteiger charge is -2.26. The van der Waals surface area contributed by atoms with Crippen molar-refractivity contribution in [1.82, 2.24) is 15.2 Å². The molecule has 0 bridgehead atoms. The summed E-state index contributed by atoms with van der Waals surface area (Å²) >= 11 is 1.16. The minimum absolute atomic E-state index is 0.0613. The number of aromatic nitrogens is 1. The van der Waals surface area contributed by atoms with Gasteiger partial charge < -0.3 is 10.2 Å². The molecule has 0 unspecified atom stereocenters. The van der Waals surface area contributed by atoms with Crippen molar-refractivity contribution in [3.8, 4) is 0 Å². The number of amides is 1. The summed E-state index contributed by atoms with van der Waals surface area (Å²) in [5, 5.41) is 3.64. The van der Waals surface area contributed by atoms with E-state index in [9.17, 15) is 13.2 Å². The van der Waals surface area contributed by atoms with Crippen LogP contribution in [0.4, 0.5) is 0 Å². The van der Waals surface area contributed by atoms with Gasteiger partial charge in [-0.3, -0.25) is 4.79 Å². The first-order valence-electron chi connectivity index (χ1n) is 5.58. The van der Waals surface area contributed by atoms with Crippen molar-refractivity contribution in [3.63, 3.8) is 0 Å². The molecular formula is C10H15N3O3S2. The van der Waals surface area contributed by atoms with E-state index < -0.39 is 9.84 Å². The maximum Gasteiger partial charge on any atom is 0.265 e. The molecule has 1 saturated heterocycles. The molecule has 0 radical (unpaired) electrons. The van der Waals surface area contributed by atoms with Gasteiger partial charge in [0, 0.05) is 32.4 Å². The zero-order chi connectivity index (χ0) is 13.2. The second kappa shape index (κ2) is 5.33.